The average Bonchev–Trinajstić information content (AvgIpc) is 2.42. The first-order chi connectivity index (χ1) is 10.1. The summed E-state index contributed by atoms with van der Waals surface area (Å²) in [4.78, 5) is -0.904. The van der Waals surface area contributed by atoms with E-state index in [1.54, 1.807) is 0 Å². The van der Waals surface area contributed by atoms with Gasteiger partial charge in [0.1, 0.15) is 17.3 Å². The maximum atomic E-state index is 12.8. The monoisotopic (exact) mass is 398 g/mol. The van der Waals surface area contributed by atoms with Crippen LogP contribution in [0.2, 0.25) is 0 Å². The molecule has 0 atom stereocenters. The van der Waals surface area contributed by atoms with E-state index in [1.165, 1.54) is 12.1 Å². The first-order valence-electron chi connectivity index (χ1n) is 5.65. The van der Waals surface area contributed by atoms with Crippen LogP contribution in [-0.2, 0) is 9.84 Å². The van der Waals surface area contributed by atoms with E-state index in [0.717, 1.165) is 30.3 Å². The van der Waals surface area contributed by atoms with Crippen molar-refractivity contribution in [2.45, 2.75) is 10.4 Å². The van der Waals surface area contributed by atoms with Crippen LogP contribution in [0.5, 0.6) is 11.5 Å². The van der Waals surface area contributed by atoms with Crippen molar-refractivity contribution < 1.29 is 30.7 Å². The summed E-state index contributed by atoms with van der Waals surface area (Å²) in [5.74, 6) is -0.140. The molecule has 0 aromatic heterocycles. The lowest BCUT2D eigenvalue weighted by atomic mass is 10.3. The van der Waals surface area contributed by atoms with Gasteiger partial charge in [0.25, 0.3) is 9.84 Å². The topological polar surface area (TPSA) is 43.4 Å². The maximum absolute atomic E-state index is 12.8. The van der Waals surface area contributed by atoms with Gasteiger partial charge in [0.05, 0.1) is 9.37 Å². The molecule has 0 bridgehead atoms. The Kier molecular flexibility index (Phi) is 4.48. The molecule has 118 valence electrons. The van der Waals surface area contributed by atoms with Gasteiger partial charge in [0, 0.05) is 0 Å². The van der Waals surface area contributed by atoms with Crippen LogP contribution in [0.25, 0.3) is 0 Å². The highest BCUT2D eigenvalue weighted by molar-refractivity contribution is 9.10. The molecule has 0 aliphatic heterocycles. The van der Waals surface area contributed by atoms with E-state index in [2.05, 4.69) is 15.9 Å². The molecular formula is C13H7BrF4O3S. The zero-order valence-electron chi connectivity index (χ0n) is 10.6. The van der Waals surface area contributed by atoms with Gasteiger partial charge in [-0.1, -0.05) is 0 Å². The summed E-state index contributed by atoms with van der Waals surface area (Å²) in [6.45, 7) is 0. The fourth-order valence-electron chi connectivity index (χ4n) is 1.49. The Balaban J connectivity index is 2.33. The summed E-state index contributed by atoms with van der Waals surface area (Å²) in [5, 5.41) is 0. The Morgan fingerprint density at radius 1 is 1.00 bits per heavy atom. The quantitative estimate of drug-likeness (QED) is 0.705. The largest absolute Gasteiger partial charge is 0.501 e. The van der Waals surface area contributed by atoms with Gasteiger partial charge in [-0.25, -0.2) is 12.8 Å². The Morgan fingerprint density at radius 3 is 2.09 bits per heavy atom. The molecule has 0 saturated carbocycles. The van der Waals surface area contributed by atoms with E-state index < -0.39 is 26.1 Å². The standard InChI is InChI=1S/C13H7BrF4O3S/c14-11-7-10(22(19,20)13(16,17)18)5-6-12(11)21-9-3-1-8(15)2-4-9/h1-7H. The molecule has 0 aliphatic carbocycles. The Bertz CT molecular complexity index is 786. The van der Waals surface area contributed by atoms with E-state index in [9.17, 15) is 26.0 Å². The van der Waals surface area contributed by atoms with Crippen molar-refractivity contribution in [2.75, 3.05) is 0 Å². The Hall–Kier alpha value is -1.61. The van der Waals surface area contributed by atoms with Gasteiger partial charge < -0.3 is 4.74 Å². The molecular weight excluding hydrogens is 392 g/mol. The number of hydrogen-bond acceptors (Lipinski definition) is 3. The number of benzene rings is 2. The number of ether oxygens (including phenoxy) is 1. The summed E-state index contributed by atoms with van der Waals surface area (Å²) >= 11 is 2.95. The third-order valence-electron chi connectivity index (χ3n) is 2.56. The lowest BCUT2D eigenvalue weighted by Gasteiger charge is -2.11. The summed E-state index contributed by atoms with van der Waals surface area (Å²) in [7, 11) is -5.43. The zero-order valence-corrected chi connectivity index (χ0v) is 13.0. The van der Waals surface area contributed by atoms with E-state index >= 15 is 0 Å². The van der Waals surface area contributed by atoms with Crippen molar-refractivity contribution in [1.82, 2.24) is 0 Å². The first kappa shape index (κ1) is 16.8. The SMILES string of the molecule is O=S(=O)(c1ccc(Oc2ccc(F)cc2)c(Br)c1)C(F)(F)F. The number of rotatable bonds is 3. The maximum Gasteiger partial charge on any atom is 0.501 e. The average molecular weight is 399 g/mol. The highest BCUT2D eigenvalue weighted by atomic mass is 79.9. The lowest BCUT2D eigenvalue weighted by Crippen LogP contribution is -2.23. The molecule has 2 rings (SSSR count). The molecule has 22 heavy (non-hydrogen) atoms. The van der Waals surface area contributed by atoms with Gasteiger partial charge in [-0.3, -0.25) is 0 Å². The fourth-order valence-corrected chi connectivity index (χ4v) is 2.89. The predicted octanol–water partition coefficient (Wildman–Crippen LogP) is 4.67. The van der Waals surface area contributed by atoms with Crippen LogP contribution in [0.1, 0.15) is 0 Å². The minimum atomic E-state index is -5.43. The molecule has 0 unspecified atom stereocenters. The molecule has 0 radical (unpaired) electrons. The molecule has 2 aromatic rings. The number of sulfone groups is 1. The normalized spacial score (nSPS) is 12.2. The van der Waals surface area contributed by atoms with Gasteiger partial charge >= 0.3 is 5.51 Å². The molecule has 9 heteroatoms. The smallest absolute Gasteiger partial charge is 0.456 e. The number of hydrogen-bond donors (Lipinski definition) is 0. The summed E-state index contributed by atoms with van der Waals surface area (Å²) in [5.41, 5.74) is -5.38. The highest BCUT2D eigenvalue weighted by Gasteiger charge is 2.47. The van der Waals surface area contributed by atoms with Crippen LogP contribution in [0, 0.1) is 5.82 Å². The molecule has 0 N–H and O–H groups in total. The van der Waals surface area contributed by atoms with Crippen molar-refractivity contribution in [3.05, 3.63) is 52.8 Å². The summed E-state index contributed by atoms with van der Waals surface area (Å²) < 4.78 is 78.1. The summed E-state index contributed by atoms with van der Waals surface area (Å²) in [6, 6.07) is 7.59. The molecule has 0 spiro atoms. The van der Waals surface area contributed by atoms with Gasteiger partial charge in [-0.2, -0.15) is 13.2 Å². The van der Waals surface area contributed by atoms with Crippen LogP contribution in [0.3, 0.4) is 0 Å². The second-order valence-corrected chi connectivity index (χ2v) is 6.89. The van der Waals surface area contributed by atoms with E-state index in [-0.39, 0.29) is 16.0 Å². The third kappa shape index (κ3) is 3.41. The molecule has 0 saturated heterocycles. The van der Waals surface area contributed by atoms with Crippen molar-refractivity contribution in [1.29, 1.82) is 0 Å². The van der Waals surface area contributed by atoms with Gasteiger partial charge in [0.15, 0.2) is 0 Å². The van der Waals surface area contributed by atoms with E-state index in [0.29, 0.717) is 0 Å². The molecule has 2 aromatic carbocycles. The third-order valence-corrected chi connectivity index (χ3v) is 4.66. The van der Waals surface area contributed by atoms with Gasteiger partial charge in [-0.05, 0) is 58.4 Å². The lowest BCUT2D eigenvalue weighted by molar-refractivity contribution is -0.0436. The van der Waals surface area contributed by atoms with Crippen LogP contribution < -0.4 is 4.74 Å². The minimum absolute atomic E-state index is 0.0159. The zero-order chi connectivity index (χ0) is 16.5. The molecule has 0 aliphatic rings. The van der Waals surface area contributed by atoms with Crippen molar-refractivity contribution >= 4 is 25.8 Å². The fraction of sp³-hybridized carbons (Fsp3) is 0.0769. The number of alkyl halides is 3. The van der Waals surface area contributed by atoms with Crippen molar-refractivity contribution in [2.24, 2.45) is 0 Å². The van der Waals surface area contributed by atoms with E-state index in [1.807, 2.05) is 0 Å². The first-order valence-corrected chi connectivity index (χ1v) is 7.93. The van der Waals surface area contributed by atoms with Gasteiger partial charge in [-0.15, -0.1) is 0 Å². The van der Waals surface area contributed by atoms with Crippen LogP contribution in [0.15, 0.2) is 51.8 Å². The molecule has 0 fully saturated rings. The summed E-state index contributed by atoms with van der Waals surface area (Å²) in [6.07, 6.45) is 0. The molecule has 0 amide bonds. The Morgan fingerprint density at radius 2 is 1.59 bits per heavy atom. The van der Waals surface area contributed by atoms with Crippen LogP contribution in [0.4, 0.5) is 17.6 Å². The molecule has 0 heterocycles. The second kappa shape index (κ2) is 5.88. The predicted molar refractivity (Wildman–Crippen MR) is 73.9 cm³/mol. The number of halogens is 5. The van der Waals surface area contributed by atoms with Crippen LogP contribution in [-0.4, -0.2) is 13.9 Å². The van der Waals surface area contributed by atoms with Crippen molar-refractivity contribution in [3.63, 3.8) is 0 Å². The highest BCUT2D eigenvalue weighted by Crippen LogP contribution is 2.36. The van der Waals surface area contributed by atoms with Crippen molar-refractivity contribution in [3.8, 4) is 11.5 Å². The van der Waals surface area contributed by atoms with Crippen LogP contribution >= 0.6 is 15.9 Å². The van der Waals surface area contributed by atoms with Gasteiger partial charge in [0.2, 0.25) is 0 Å². The minimum Gasteiger partial charge on any atom is -0.456 e. The van der Waals surface area contributed by atoms with E-state index in [4.69, 9.17) is 4.74 Å². The second-order valence-electron chi connectivity index (χ2n) is 4.10. The molecule has 3 nitrogen and oxygen atoms in total. The Labute approximate surface area is 131 Å².